The third-order valence-electron chi connectivity index (χ3n) is 2.66. The molecule has 0 fully saturated rings. The van der Waals surface area contributed by atoms with Gasteiger partial charge in [-0.3, -0.25) is 0 Å². The van der Waals surface area contributed by atoms with Crippen LogP contribution in [0.4, 0.5) is 13.2 Å². The van der Waals surface area contributed by atoms with Gasteiger partial charge in [0.25, 0.3) is 0 Å². The molecular weight excluding hydrogens is 247 g/mol. The summed E-state index contributed by atoms with van der Waals surface area (Å²) in [4.78, 5) is 0. The average Bonchev–Trinajstić information content (AvgIpc) is 2.34. The van der Waals surface area contributed by atoms with Crippen LogP contribution in [-0.4, -0.2) is 29.5 Å². The van der Waals surface area contributed by atoms with Crippen molar-refractivity contribution in [3.63, 3.8) is 0 Å². The van der Waals surface area contributed by atoms with E-state index >= 15 is 0 Å². The SMILES string of the molecule is CC(NC(CO)CO)c1ccccc1C(F)(F)F. The monoisotopic (exact) mass is 263 g/mol. The number of hydrogen-bond acceptors (Lipinski definition) is 3. The summed E-state index contributed by atoms with van der Waals surface area (Å²) < 4.78 is 38.4. The van der Waals surface area contributed by atoms with Crippen molar-refractivity contribution in [2.24, 2.45) is 0 Å². The van der Waals surface area contributed by atoms with Crippen LogP contribution >= 0.6 is 0 Å². The largest absolute Gasteiger partial charge is 0.416 e. The van der Waals surface area contributed by atoms with Gasteiger partial charge in [-0.25, -0.2) is 0 Å². The van der Waals surface area contributed by atoms with Gasteiger partial charge in [0.1, 0.15) is 0 Å². The first-order chi connectivity index (χ1) is 8.40. The number of aliphatic hydroxyl groups is 2. The fraction of sp³-hybridized carbons (Fsp3) is 0.500. The van der Waals surface area contributed by atoms with Gasteiger partial charge in [0.15, 0.2) is 0 Å². The summed E-state index contributed by atoms with van der Waals surface area (Å²) in [5.74, 6) is 0. The van der Waals surface area contributed by atoms with Gasteiger partial charge in [-0.15, -0.1) is 0 Å². The van der Waals surface area contributed by atoms with Crippen molar-refractivity contribution in [2.45, 2.75) is 25.2 Å². The van der Waals surface area contributed by atoms with Gasteiger partial charge in [0.2, 0.25) is 0 Å². The molecule has 0 radical (unpaired) electrons. The first kappa shape index (κ1) is 14.9. The Hall–Kier alpha value is -1.11. The Morgan fingerprint density at radius 3 is 2.22 bits per heavy atom. The van der Waals surface area contributed by atoms with Crippen molar-refractivity contribution >= 4 is 0 Å². The van der Waals surface area contributed by atoms with Crippen LogP contribution in [0.2, 0.25) is 0 Å². The first-order valence-corrected chi connectivity index (χ1v) is 5.54. The van der Waals surface area contributed by atoms with Crippen molar-refractivity contribution in [1.29, 1.82) is 0 Å². The third kappa shape index (κ3) is 3.69. The number of benzene rings is 1. The van der Waals surface area contributed by atoms with E-state index in [-0.39, 0.29) is 18.8 Å². The molecule has 0 aromatic heterocycles. The minimum absolute atomic E-state index is 0.0944. The van der Waals surface area contributed by atoms with Gasteiger partial charge in [0.05, 0.1) is 24.8 Å². The Labute approximate surface area is 103 Å². The molecule has 3 N–H and O–H groups in total. The maximum absolute atomic E-state index is 12.8. The zero-order chi connectivity index (χ0) is 13.8. The van der Waals surface area contributed by atoms with Crippen LogP contribution in [0, 0.1) is 0 Å². The van der Waals surface area contributed by atoms with Crippen LogP contribution in [-0.2, 0) is 6.18 Å². The van der Waals surface area contributed by atoms with Crippen molar-refractivity contribution in [3.8, 4) is 0 Å². The highest BCUT2D eigenvalue weighted by atomic mass is 19.4. The summed E-state index contributed by atoms with van der Waals surface area (Å²) in [6, 6.07) is 3.99. The molecule has 1 aromatic rings. The van der Waals surface area contributed by atoms with Gasteiger partial charge in [-0.05, 0) is 18.6 Å². The van der Waals surface area contributed by atoms with E-state index in [1.165, 1.54) is 18.2 Å². The minimum atomic E-state index is -4.42. The molecule has 1 aromatic carbocycles. The second-order valence-corrected chi connectivity index (χ2v) is 4.04. The maximum atomic E-state index is 12.8. The number of hydrogen-bond donors (Lipinski definition) is 3. The molecule has 18 heavy (non-hydrogen) atoms. The van der Waals surface area contributed by atoms with Crippen LogP contribution in [0.15, 0.2) is 24.3 Å². The summed E-state index contributed by atoms with van der Waals surface area (Å²) >= 11 is 0. The van der Waals surface area contributed by atoms with Crippen molar-refractivity contribution in [2.75, 3.05) is 13.2 Å². The lowest BCUT2D eigenvalue weighted by molar-refractivity contribution is -0.138. The number of nitrogens with one attached hydrogen (secondary N) is 1. The van der Waals surface area contributed by atoms with Gasteiger partial charge >= 0.3 is 6.18 Å². The van der Waals surface area contributed by atoms with E-state index in [1.807, 2.05) is 0 Å². The molecule has 0 saturated heterocycles. The fourth-order valence-electron chi connectivity index (χ4n) is 1.74. The zero-order valence-electron chi connectivity index (χ0n) is 9.91. The van der Waals surface area contributed by atoms with Crippen LogP contribution in [0.25, 0.3) is 0 Å². The van der Waals surface area contributed by atoms with E-state index in [2.05, 4.69) is 5.32 Å². The molecule has 1 unspecified atom stereocenters. The molecule has 0 aliphatic rings. The summed E-state index contributed by atoms with van der Waals surface area (Å²) in [7, 11) is 0. The molecule has 1 atom stereocenters. The van der Waals surface area contributed by atoms with Gasteiger partial charge in [-0.1, -0.05) is 18.2 Å². The lowest BCUT2D eigenvalue weighted by Gasteiger charge is -2.23. The first-order valence-electron chi connectivity index (χ1n) is 5.54. The smallest absolute Gasteiger partial charge is 0.395 e. The van der Waals surface area contributed by atoms with Crippen molar-refractivity contribution in [1.82, 2.24) is 5.32 Å². The molecule has 0 aliphatic carbocycles. The molecule has 3 nitrogen and oxygen atoms in total. The Balaban J connectivity index is 2.95. The second kappa shape index (κ2) is 6.17. The van der Waals surface area contributed by atoms with E-state index in [1.54, 1.807) is 6.92 Å². The highest BCUT2D eigenvalue weighted by Crippen LogP contribution is 2.34. The van der Waals surface area contributed by atoms with E-state index in [9.17, 15) is 13.2 Å². The van der Waals surface area contributed by atoms with E-state index in [0.717, 1.165) is 6.07 Å². The average molecular weight is 263 g/mol. The molecule has 0 heterocycles. The molecule has 0 saturated carbocycles. The van der Waals surface area contributed by atoms with E-state index < -0.39 is 23.8 Å². The molecule has 0 bridgehead atoms. The molecule has 102 valence electrons. The maximum Gasteiger partial charge on any atom is 0.416 e. The Kier molecular flexibility index (Phi) is 5.13. The predicted molar refractivity (Wildman–Crippen MR) is 61.0 cm³/mol. The lowest BCUT2D eigenvalue weighted by Crippen LogP contribution is -2.38. The summed E-state index contributed by atoms with van der Waals surface area (Å²) in [6.45, 7) is 0.882. The van der Waals surface area contributed by atoms with Gasteiger partial charge in [-0.2, -0.15) is 13.2 Å². The zero-order valence-corrected chi connectivity index (χ0v) is 9.91. The summed E-state index contributed by atoms with van der Waals surface area (Å²) in [5, 5.41) is 20.6. The lowest BCUT2D eigenvalue weighted by atomic mass is 10.0. The van der Waals surface area contributed by atoms with Crippen LogP contribution in [0.3, 0.4) is 0 Å². The van der Waals surface area contributed by atoms with Gasteiger partial charge < -0.3 is 15.5 Å². The summed E-state index contributed by atoms with van der Waals surface area (Å²) in [5.41, 5.74) is -0.614. The van der Waals surface area contributed by atoms with Crippen molar-refractivity contribution < 1.29 is 23.4 Å². The Bertz CT molecular complexity index is 378. The van der Waals surface area contributed by atoms with Crippen LogP contribution < -0.4 is 5.32 Å². The normalized spacial score (nSPS) is 13.9. The topological polar surface area (TPSA) is 52.5 Å². The standard InChI is InChI=1S/C12H16F3NO2/c1-8(16-9(6-17)7-18)10-4-2-3-5-11(10)12(13,14)15/h2-5,8-9,16-18H,6-7H2,1H3. The van der Waals surface area contributed by atoms with Crippen molar-refractivity contribution in [3.05, 3.63) is 35.4 Å². The predicted octanol–water partition coefficient (Wildman–Crippen LogP) is 1.71. The Morgan fingerprint density at radius 2 is 1.72 bits per heavy atom. The van der Waals surface area contributed by atoms with Crippen LogP contribution in [0.1, 0.15) is 24.1 Å². The van der Waals surface area contributed by atoms with Crippen LogP contribution in [0.5, 0.6) is 0 Å². The van der Waals surface area contributed by atoms with E-state index in [0.29, 0.717) is 0 Å². The molecule has 1 rings (SSSR count). The summed E-state index contributed by atoms with van der Waals surface area (Å²) in [6.07, 6.45) is -4.42. The van der Waals surface area contributed by atoms with Gasteiger partial charge in [0, 0.05) is 6.04 Å². The highest BCUT2D eigenvalue weighted by Gasteiger charge is 2.34. The number of alkyl halides is 3. The molecule has 0 spiro atoms. The quantitative estimate of drug-likeness (QED) is 0.758. The molecule has 6 heteroatoms. The third-order valence-corrected chi connectivity index (χ3v) is 2.66. The number of rotatable bonds is 5. The number of halogens is 3. The molecule has 0 aliphatic heterocycles. The Morgan fingerprint density at radius 1 is 1.17 bits per heavy atom. The minimum Gasteiger partial charge on any atom is -0.395 e. The molecule has 0 amide bonds. The van der Waals surface area contributed by atoms with E-state index in [4.69, 9.17) is 10.2 Å². The highest BCUT2D eigenvalue weighted by molar-refractivity contribution is 5.32. The fourth-order valence-corrected chi connectivity index (χ4v) is 1.74. The number of aliphatic hydroxyl groups excluding tert-OH is 2. The second-order valence-electron chi connectivity index (χ2n) is 4.04. The molecular formula is C12H16F3NO2.